The minimum atomic E-state index is -0.474. The van der Waals surface area contributed by atoms with Crippen LogP contribution in [0, 0.1) is 0 Å². The highest BCUT2D eigenvalue weighted by atomic mass is 15.1. The van der Waals surface area contributed by atoms with Gasteiger partial charge in [-0.3, -0.25) is 0 Å². The van der Waals surface area contributed by atoms with Crippen molar-refractivity contribution in [3.63, 3.8) is 0 Å². The van der Waals surface area contributed by atoms with Gasteiger partial charge in [0.25, 0.3) is 0 Å². The summed E-state index contributed by atoms with van der Waals surface area (Å²) in [6.07, 6.45) is 0. The summed E-state index contributed by atoms with van der Waals surface area (Å²) in [5.41, 5.74) is 21.5. The SMILES string of the molecule is c1ccc(-c2ccc(N(c3ccc4c(c3)C3(c5ccccc5-c5ccccc53)c3ccccc3-4)c3cc(-c4ccc5ccccc5c4)c4c5ccccc5n(-c5ccccc5)c4c3)cc2)cc1. The highest BCUT2D eigenvalue weighted by Crippen LogP contribution is 2.63. The zero-order valence-electron chi connectivity index (χ0n) is 36.6. The van der Waals surface area contributed by atoms with E-state index in [-0.39, 0.29) is 0 Å². The Morgan fingerprint density at radius 1 is 0.299 bits per heavy atom. The number of aromatic nitrogens is 1. The average Bonchev–Trinajstić information content (AvgIpc) is 4.01. The van der Waals surface area contributed by atoms with E-state index in [4.69, 9.17) is 0 Å². The second-order valence-corrected chi connectivity index (χ2v) is 18.0. The van der Waals surface area contributed by atoms with E-state index < -0.39 is 5.41 Å². The Hall–Kier alpha value is -8.72. The lowest BCUT2D eigenvalue weighted by molar-refractivity contribution is 0.793. The van der Waals surface area contributed by atoms with Gasteiger partial charge in [-0.1, -0.05) is 194 Å². The van der Waals surface area contributed by atoms with Crippen LogP contribution in [-0.2, 0) is 5.41 Å². The van der Waals surface area contributed by atoms with Crippen LogP contribution in [0.2, 0.25) is 0 Å². The maximum absolute atomic E-state index is 2.51. The molecule has 0 bridgehead atoms. The number of rotatable bonds is 6. The van der Waals surface area contributed by atoms with Crippen molar-refractivity contribution in [3.8, 4) is 50.2 Å². The molecular weight excluding hydrogens is 809 g/mol. The van der Waals surface area contributed by atoms with Crippen molar-refractivity contribution >= 4 is 49.6 Å². The van der Waals surface area contributed by atoms with Gasteiger partial charge in [0.05, 0.1) is 16.4 Å². The van der Waals surface area contributed by atoms with Crippen LogP contribution in [0.1, 0.15) is 22.3 Å². The van der Waals surface area contributed by atoms with Gasteiger partial charge in [0.1, 0.15) is 0 Å². The lowest BCUT2D eigenvalue weighted by atomic mass is 9.70. The summed E-state index contributed by atoms with van der Waals surface area (Å²) in [7, 11) is 0. The molecule has 0 aliphatic heterocycles. The predicted molar refractivity (Wildman–Crippen MR) is 280 cm³/mol. The molecule has 0 radical (unpaired) electrons. The third-order valence-corrected chi connectivity index (χ3v) is 14.6. The molecule has 11 aromatic carbocycles. The number of benzene rings is 11. The first-order valence-electron chi connectivity index (χ1n) is 23.3. The molecule has 0 atom stereocenters. The van der Waals surface area contributed by atoms with Gasteiger partial charge in [-0.15, -0.1) is 0 Å². The second kappa shape index (κ2) is 14.7. The fourth-order valence-corrected chi connectivity index (χ4v) is 11.8. The van der Waals surface area contributed by atoms with E-state index in [1.54, 1.807) is 0 Å². The smallest absolute Gasteiger partial charge is 0.0726 e. The molecule has 14 rings (SSSR count). The van der Waals surface area contributed by atoms with Gasteiger partial charge in [-0.05, 0) is 138 Å². The summed E-state index contributed by atoms with van der Waals surface area (Å²) in [5, 5.41) is 4.92. The summed E-state index contributed by atoms with van der Waals surface area (Å²) in [6.45, 7) is 0. The van der Waals surface area contributed by atoms with Crippen molar-refractivity contribution in [3.05, 3.63) is 277 Å². The molecule has 12 aromatic rings. The van der Waals surface area contributed by atoms with Crippen LogP contribution in [0.15, 0.2) is 255 Å². The van der Waals surface area contributed by atoms with Crippen molar-refractivity contribution in [2.45, 2.75) is 5.41 Å². The Balaban J connectivity index is 1.08. The zero-order valence-corrected chi connectivity index (χ0v) is 36.6. The Kier molecular flexibility index (Phi) is 8.23. The normalized spacial score (nSPS) is 12.9. The molecule has 0 unspecified atom stereocenters. The highest BCUT2D eigenvalue weighted by Gasteiger charge is 2.51. The Morgan fingerprint density at radius 3 is 1.54 bits per heavy atom. The monoisotopic (exact) mass is 850 g/mol. The number of nitrogens with zero attached hydrogens (tertiary/aromatic N) is 2. The van der Waals surface area contributed by atoms with Crippen LogP contribution >= 0.6 is 0 Å². The van der Waals surface area contributed by atoms with Gasteiger partial charge < -0.3 is 9.47 Å². The van der Waals surface area contributed by atoms with Crippen LogP contribution in [0.4, 0.5) is 17.1 Å². The van der Waals surface area contributed by atoms with Crippen LogP contribution in [0.5, 0.6) is 0 Å². The second-order valence-electron chi connectivity index (χ2n) is 18.0. The van der Waals surface area contributed by atoms with Crippen molar-refractivity contribution in [2.75, 3.05) is 4.90 Å². The molecule has 2 aliphatic rings. The molecule has 1 heterocycles. The zero-order chi connectivity index (χ0) is 44.1. The van der Waals surface area contributed by atoms with Gasteiger partial charge in [0, 0.05) is 33.5 Å². The maximum Gasteiger partial charge on any atom is 0.0726 e. The number of anilines is 3. The topological polar surface area (TPSA) is 8.17 Å². The Morgan fingerprint density at radius 2 is 0.836 bits per heavy atom. The first kappa shape index (κ1) is 37.6. The standard InChI is InChI=1S/C65H42N2/c1-3-17-43(18-4-1)45-33-35-49(36-34-45)66(50-37-38-55-54-25-11-15-29-60(54)65(61(55)41-50)58-27-13-9-23-52(58)53-24-10-14-28-59(53)65)51-40-57(47-32-31-44-19-7-8-20-46(44)39-47)64-56-26-12-16-30-62(56)67(63(64)42-51)48-21-5-2-6-22-48/h1-42H. The van der Waals surface area contributed by atoms with E-state index in [1.165, 1.54) is 93.8 Å². The first-order chi connectivity index (χ1) is 33.2. The molecule has 0 saturated heterocycles. The maximum atomic E-state index is 2.51. The van der Waals surface area contributed by atoms with Gasteiger partial charge in [-0.2, -0.15) is 0 Å². The quantitative estimate of drug-likeness (QED) is 0.162. The van der Waals surface area contributed by atoms with Crippen LogP contribution in [-0.4, -0.2) is 4.57 Å². The van der Waals surface area contributed by atoms with Crippen LogP contribution < -0.4 is 4.90 Å². The summed E-state index contributed by atoms with van der Waals surface area (Å²) in [5.74, 6) is 0. The molecule has 1 aromatic heterocycles. The summed E-state index contributed by atoms with van der Waals surface area (Å²) in [4.78, 5) is 2.50. The average molecular weight is 851 g/mol. The molecule has 0 amide bonds. The van der Waals surface area contributed by atoms with E-state index >= 15 is 0 Å². The number of fused-ring (bicyclic) bond motifs is 14. The third-order valence-electron chi connectivity index (χ3n) is 14.6. The first-order valence-corrected chi connectivity index (χ1v) is 23.3. The van der Waals surface area contributed by atoms with E-state index in [0.717, 1.165) is 28.3 Å². The van der Waals surface area contributed by atoms with Crippen molar-refractivity contribution in [2.24, 2.45) is 0 Å². The molecule has 2 heteroatoms. The Labute approximate surface area is 389 Å². The lowest BCUT2D eigenvalue weighted by Gasteiger charge is -2.32. The van der Waals surface area contributed by atoms with Gasteiger partial charge in [0.2, 0.25) is 0 Å². The minimum Gasteiger partial charge on any atom is -0.310 e. The highest BCUT2D eigenvalue weighted by molar-refractivity contribution is 6.17. The molecule has 2 aliphatic carbocycles. The van der Waals surface area contributed by atoms with E-state index in [9.17, 15) is 0 Å². The van der Waals surface area contributed by atoms with Crippen LogP contribution in [0.3, 0.4) is 0 Å². The molecule has 312 valence electrons. The number of para-hydroxylation sites is 2. The van der Waals surface area contributed by atoms with Gasteiger partial charge in [0.15, 0.2) is 0 Å². The largest absolute Gasteiger partial charge is 0.310 e. The third kappa shape index (κ3) is 5.51. The number of hydrogen-bond acceptors (Lipinski definition) is 1. The van der Waals surface area contributed by atoms with Crippen molar-refractivity contribution in [1.82, 2.24) is 4.57 Å². The summed E-state index contributed by atoms with van der Waals surface area (Å²) >= 11 is 0. The summed E-state index contributed by atoms with van der Waals surface area (Å²) in [6, 6.07) is 94.5. The lowest BCUT2D eigenvalue weighted by Crippen LogP contribution is -2.26. The fraction of sp³-hybridized carbons (Fsp3) is 0.0154. The van der Waals surface area contributed by atoms with E-state index in [0.29, 0.717) is 0 Å². The molecule has 0 N–H and O–H groups in total. The van der Waals surface area contributed by atoms with Crippen molar-refractivity contribution in [1.29, 1.82) is 0 Å². The summed E-state index contributed by atoms with van der Waals surface area (Å²) < 4.78 is 2.45. The van der Waals surface area contributed by atoms with Crippen molar-refractivity contribution < 1.29 is 0 Å². The fourth-order valence-electron chi connectivity index (χ4n) is 11.8. The molecule has 67 heavy (non-hydrogen) atoms. The molecular formula is C65H42N2. The predicted octanol–water partition coefficient (Wildman–Crippen LogP) is 17.1. The van der Waals surface area contributed by atoms with E-state index in [2.05, 4.69) is 264 Å². The molecule has 0 saturated carbocycles. The van der Waals surface area contributed by atoms with Gasteiger partial charge >= 0.3 is 0 Å². The van der Waals surface area contributed by atoms with E-state index in [1.807, 2.05) is 0 Å². The molecule has 0 fully saturated rings. The Bertz CT molecular complexity index is 3850. The van der Waals surface area contributed by atoms with Gasteiger partial charge in [-0.25, -0.2) is 0 Å². The minimum absolute atomic E-state index is 0.474. The van der Waals surface area contributed by atoms with Crippen LogP contribution in [0.25, 0.3) is 82.8 Å². The molecule has 1 spiro atoms. The molecule has 2 nitrogen and oxygen atoms in total. The number of hydrogen-bond donors (Lipinski definition) is 0.